The van der Waals surface area contributed by atoms with Crippen molar-refractivity contribution in [3.63, 3.8) is 0 Å². The van der Waals surface area contributed by atoms with Crippen LogP contribution < -0.4 is 0 Å². The second-order valence-electron chi connectivity index (χ2n) is 2.43. The van der Waals surface area contributed by atoms with E-state index < -0.39 is 0 Å². The zero-order valence-electron chi connectivity index (χ0n) is 6.79. The minimum Gasteiger partial charge on any atom is -0.373 e. The molecule has 1 aromatic carbocycles. The summed E-state index contributed by atoms with van der Waals surface area (Å²) >= 11 is 0. The van der Waals surface area contributed by atoms with Crippen molar-refractivity contribution in [3.8, 4) is 0 Å². The van der Waals surface area contributed by atoms with E-state index in [-0.39, 0.29) is 5.82 Å². The molecule has 0 saturated heterocycles. The van der Waals surface area contributed by atoms with E-state index in [0.29, 0.717) is 13.2 Å². The van der Waals surface area contributed by atoms with Crippen molar-refractivity contribution < 1.29 is 9.13 Å². The van der Waals surface area contributed by atoms with Crippen molar-refractivity contribution in [2.45, 2.75) is 6.61 Å². The predicted octanol–water partition coefficient (Wildman–Crippen LogP) is 2.53. The van der Waals surface area contributed by atoms with Gasteiger partial charge in [0.15, 0.2) is 0 Å². The van der Waals surface area contributed by atoms with E-state index in [1.54, 1.807) is 18.2 Å². The molecule has 0 amide bonds. The van der Waals surface area contributed by atoms with Gasteiger partial charge in [-0.2, -0.15) is 0 Å². The summed E-state index contributed by atoms with van der Waals surface area (Å²) < 4.78 is 17.6. The fourth-order valence-electron chi connectivity index (χ4n) is 0.841. The van der Waals surface area contributed by atoms with Crippen molar-refractivity contribution in [2.24, 2.45) is 0 Å². The van der Waals surface area contributed by atoms with Crippen molar-refractivity contribution in [3.05, 3.63) is 48.3 Å². The van der Waals surface area contributed by atoms with Crippen LogP contribution >= 0.6 is 0 Å². The van der Waals surface area contributed by atoms with Gasteiger partial charge < -0.3 is 4.74 Å². The molecule has 64 valence electrons. The van der Waals surface area contributed by atoms with Gasteiger partial charge in [0.1, 0.15) is 5.82 Å². The van der Waals surface area contributed by atoms with E-state index in [1.807, 2.05) is 0 Å². The fourth-order valence-corrected chi connectivity index (χ4v) is 0.841. The fraction of sp³-hybridized carbons (Fsp3) is 0.200. The number of hydrogen-bond acceptors (Lipinski definition) is 1. The van der Waals surface area contributed by atoms with Crippen molar-refractivity contribution in [1.29, 1.82) is 0 Å². The van der Waals surface area contributed by atoms with E-state index in [9.17, 15) is 4.39 Å². The summed E-state index contributed by atoms with van der Waals surface area (Å²) in [5.74, 6) is -0.220. The highest BCUT2D eigenvalue weighted by Crippen LogP contribution is 2.03. The maximum absolute atomic E-state index is 12.4. The lowest BCUT2D eigenvalue weighted by Gasteiger charge is -2.00. The summed E-state index contributed by atoms with van der Waals surface area (Å²) in [4.78, 5) is 0. The number of ether oxygens (including phenoxy) is 1. The van der Waals surface area contributed by atoms with Crippen molar-refractivity contribution in [1.82, 2.24) is 0 Å². The highest BCUT2D eigenvalue weighted by atomic mass is 19.1. The molecule has 0 aliphatic carbocycles. The largest absolute Gasteiger partial charge is 0.373 e. The summed E-state index contributed by atoms with van der Waals surface area (Å²) in [6.07, 6.45) is 1.68. The van der Waals surface area contributed by atoms with Crippen LogP contribution in [0.25, 0.3) is 0 Å². The summed E-state index contributed by atoms with van der Waals surface area (Å²) in [6.45, 7) is 4.55. The summed E-state index contributed by atoms with van der Waals surface area (Å²) in [6, 6.07) is 6.26. The molecule has 1 rings (SSSR count). The molecular formula is C10H11FO. The lowest BCUT2D eigenvalue weighted by atomic mass is 10.2. The first kappa shape index (κ1) is 8.94. The van der Waals surface area contributed by atoms with Crippen molar-refractivity contribution >= 4 is 0 Å². The Labute approximate surface area is 71.5 Å². The summed E-state index contributed by atoms with van der Waals surface area (Å²) in [5, 5.41) is 0. The predicted molar refractivity (Wildman–Crippen MR) is 46.3 cm³/mol. The molecule has 0 atom stereocenters. The Morgan fingerprint density at radius 3 is 2.58 bits per heavy atom. The number of halogens is 1. The summed E-state index contributed by atoms with van der Waals surface area (Å²) in [7, 11) is 0. The van der Waals surface area contributed by atoms with E-state index in [4.69, 9.17) is 4.74 Å². The summed E-state index contributed by atoms with van der Waals surface area (Å²) in [5.41, 5.74) is 0.971. The zero-order valence-corrected chi connectivity index (χ0v) is 6.79. The molecule has 0 fully saturated rings. The molecule has 0 aliphatic rings. The third-order valence-electron chi connectivity index (χ3n) is 1.42. The quantitative estimate of drug-likeness (QED) is 0.493. The van der Waals surface area contributed by atoms with Crippen LogP contribution in [0.5, 0.6) is 0 Å². The van der Waals surface area contributed by atoms with Gasteiger partial charge in [-0.15, -0.1) is 6.58 Å². The van der Waals surface area contributed by atoms with E-state index in [2.05, 4.69) is 6.58 Å². The highest BCUT2D eigenvalue weighted by molar-refractivity contribution is 5.14. The molecule has 1 aromatic rings. The Bertz CT molecular complexity index is 241. The van der Waals surface area contributed by atoms with Crippen LogP contribution in [0.15, 0.2) is 36.9 Å². The maximum Gasteiger partial charge on any atom is 0.123 e. The Balaban J connectivity index is 2.42. The van der Waals surface area contributed by atoms with Gasteiger partial charge in [-0.3, -0.25) is 0 Å². The number of rotatable bonds is 4. The SMILES string of the molecule is C=CCOCc1ccc(F)cc1. The Morgan fingerprint density at radius 1 is 1.33 bits per heavy atom. The minimum absolute atomic E-state index is 0.220. The van der Waals surface area contributed by atoms with Gasteiger partial charge in [0.2, 0.25) is 0 Å². The Hall–Kier alpha value is -1.15. The minimum atomic E-state index is -0.220. The molecule has 0 spiro atoms. The van der Waals surface area contributed by atoms with Gasteiger partial charge in [0, 0.05) is 0 Å². The topological polar surface area (TPSA) is 9.23 Å². The first-order chi connectivity index (χ1) is 5.83. The van der Waals surface area contributed by atoms with E-state index in [1.165, 1.54) is 12.1 Å². The van der Waals surface area contributed by atoms with Crippen LogP contribution in [-0.2, 0) is 11.3 Å². The third kappa shape index (κ3) is 2.84. The molecule has 0 aliphatic heterocycles. The Morgan fingerprint density at radius 2 is 2.00 bits per heavy atom. The van der Waals surface area contributed by atoms with Crippen LogP contribution in [-0.4, -0.2) is 6.61 Å². The standard InChI is InChI=1S/C10H11FO/c1-2-7-12-8-9-3-5-10(11)6-4-9/h2-6H,1,7-8H2. The molecule has 2 heteroatoms. The third-order valence-corrected chi connectivity index (χ3v) is 1.42. The van der Waals surface area contributed by atoms with E-state index in [0.717, 1.165) is 5.56 Å². The average molecular weight is 166 g/mol. The molecule has 12 heavy (non-hydrogen) atoms. The Kier molecular flexibility index (Phi) is 3.48. The van der Waals surface area contributed by atoms with Gasteiger partial charge >= 0.3 is 0 Å². The molecule has 0 saturated carbocycles. The van der Waals surface area contributed by atoms with Gasteiger partial charge in [-0.1, -0.05) is 18.2 Å². The van der Waals surface area contributed by atoms with Gasteiger partial charge in [0.25, 0.3) is 0 Å². The molecular weight excluding hydrogens is 155 g/mol. The van der Waals surface area contributed by atoms with Crippen LogP contribution in [0, 0.1) is 5.82 Å². The van der Waals surface area contributed by atoms with Gasteiger partial charge in [0.05, 0.1) is 13.2 Å². The first-order valence-corrected chi connectivity index (χ1v) is 3.76. The molecule has 0 aromatic heterocycles. The normalized spacial score (nSPS) is 9.75. The molecule has 1 nitrogen and oxygen atoms in total. The smallest absolute Gasteiger partial charge is 0.123 e. The number of benzene rings is 1. The highest BCUT2D eigenvalue weighted by Gasteiger charge is 1.92. The second kappa shape index (κ2) is 4.67. The van der Waals surface area contributed by atoms with Crippen LogP contribution in [0.3, 0.4) is 0 Å². The van der Waals surface area contributed by atoms with Gasteiger partial charge in [-0.05, 0) is 17.7 Å². The molecule has 0 bridgehead atoms. The molecule has 0 radical (unpaired) electrons. The monoisotopic (exact) mass is 166 g/mol. The van der Waals surface area contributed by atoms with Gasteiger partial charge in [-0.25, -0.2) is 4.39 Å². The zero-order chi connectivity index (χ0) is 8.81. The van der Waals surface area contributed by atoms with Crippen LogP contribution in [0.2, 0.25) is 0 Å². The maximum atomic E-state index is 12.4. The molecule has 0 unspecified atom stereocenters. The molecule has 0 N–H and O–H groups in total. The average Bonchev–Trinajstić information content (AvgIpc) is 2.09. The second-order valence-corrected chi connectivity index (χ2v) is 2.43. The lowest BCUT2D eigenvalue weighted by Crippen LogP contribution is -1.92. The number of hydrogen-bond donors (Lipinski definition) is 0. The first-order valence-electron chi connectivity index (χ1n) is 3.76. The van der Waals surface area contributed by atoms with Crippen molar-refractivity contribution in [2.75, 3.05) is 6.61 Å². The lowest BCUT2D eigenvalue weighted by molar-refractivity contribution is 0.149. The van der Waals surface area contributed by atoms with Crippen LogP contribution in [0.4, 0.5) is 4.39 Å². The molecule has 0 heterocycles. The van der Waals surface area contributed by atoms with E-state index >= 15 is 0 Å². The van der Waals surface area contributed by atoms with Crippen LogP contribution in [0.1, 0.15) is 5.56 Å².